The van der Waals surface area contributed by atoms with Gasteiger partial charge in [0.25, 0.3) is 0 Å². The van der Waals surface area contributed by atoms with E-state index in [-0.39, 0.29) is 5.91 Å². The number of nitrogens with one attached hydrogen (secondary N) is 1. The first kappa shape index (κ1) is 14.6. The number of ether oxygens (including phenoxy) is 2. The summed E-state index contributed by atoms with van der Waals surface area (Å²) in [5.74, 6) is 0.951. The highest BCUT2D eigenvalue weighted by atomic mass is 16.5. The number of rotatable bonds is 5. The summed E-state index contributed by atoms with van der Waals surface area (Å²) < 4.78 is 10.3. The molecule has 0 bridgehead atoms. The minimum absolute atomic E-state index is 0.259. The normalized spacial score (nSPS) is 10.4. The molecule has 0 aliphatic rings. The topological polar surface area (TPSA) is 60.5 Å². The van der Waals surface area contributed by atoms with Gasteiger partial charge in [-0.2, -0.15) is 0 Å². The molecule has 0 radical (unpaired) electrons. The highest BCUT2D eigenvalue weighted by Gasteiger charge is 2.07. The first-order chi connectivity index (χ1) is 10.2. The molecule has 0 saturated heterocycles. The Labute approximate surface area is 123 Å². The minimum Gasteiger partial charge on any atom is -0.497 e. The van der Waals surface area contributed by atoms with E-state index in [1.807, 2.05) is 12.1 Å². The molecule has 0 spiro atoms. The van der Waals surface area contributed by atoms with Crippen LogP contribution in [0.3, 0.4) is 0 Å². The van der Waals surface area contributed by atoms with Crippen LogP contribution in [0.25, 0.3) is 6.08 Å². The lowest BCUT2D eigenvalue weighted by Gasteiger charge is -2.10. The van der Waals surface area contributed by atoms with Crippen LogP contribution in [0.2, 0.25) is 0 Å². The number of carbonyl (C=O) groups excluding carboxylic acids is 1. The summed E-state index contributed by atoms with van der Waals surface area (Å²) in [5, 5.41) is 2.76. The molecular formula is C16H16N2O3. The number of hydrogen-bond acceptors (Lipinski definition) is 4. The molecule has 0 saturated carbocycles. The van der Waals surface area contributed by atoms with Gasteiger partial charge in [0.2, 0.25) is 5.91 Å². The highest BCUT2D eigenvalue weighted by molar-refractivity contribution is 6.02. The smallest absolute Gasteiger partial charge is 0.248 e. The van der Waals surface area contributed by atoms with Gasteiger partial charge in [-0.1, -0.05) is 6.07 Å². The second-order valence-corrected chi connectivity index (χ2v) is 4.18. The van der Waals surface area contributed by atoms with Crippen molar-refractivity contribution < 1.29 is 14.3 Å². The van der Waals surface area contributed by atoms with Gasteiger partial charge < -0.3 is 14.8 Å². The lowest BCUT2D eigenvalue weighted by molar-refractivity contribution is -0.111. The van der Waals surface area contributed by atoms with Crippen molar-refractivity contribution in [2.75, 3.05) is 19.5 Å². The van der Waals surface area contributed by atoms with Gasteiger partial charge >= 0.3 is 0 Å². The monoisotopic (exact) mass is 284 g/mol. The Hall–Kier alpha value is -2.82. The summed E-state index contributed by atoms with van der Waals surface area (Å²) in [5.41, 5.74) is 1.41. The third-order valence-electron chi connectivity index (χ3n) is 2.78. The van der Waals surface area contributed by atoms with E-state index in [4.69, 9.17) is 9.47 Å². The number of carbonyl (C=O) groups is 1. The van der Waals surface area contributed by atoms with Crippen molar-refractivity contribution in [3.05, 3.63) is 54.4 Å². The summed E-state index contributed by atoms with van der Waals surface area (Å²) in [6, 6.07) is 8.87. The first-order valence-corrected chi connectivity index (χ1v) is 6.34. The summed E-state index contributed by atoms with van der Waals surface area (Å²) in [6.45, 7) is 0. The fraction of sp³-hybridized carbons (Fsp3) is 0.125. The standard InChI is InChI=1S/C16H16N2O3/c1-20-13-6-7-15(21-2)14(10-13)18-16(19)8-5-12-4-3-9-17-11-12/h3-11H,1-2H3,(H,18,19). The fourth-order valence-corrected chi connectivity index (χ4v) is 1.73. The molecule has 0 aliphatic carbocycles. The lowest BCUT2D eigenvalue weighted by atomic mass is 10.2. The van der Waals surface area contributed by atoms with Crippen LogP contribution in [0.5, 0.6) is 11.5 Å². The zero-order valence-electron chi connectivity index (χ0n) is 11.9. The molecule has 1 amide bonds. The zero-order valence-corrected chi connectivity index (χ0v) is 11.9. The van der Waals surface area contributed by atoms with Crippen LogP contribution in [0, 0.1) is 0 Å². The predicted octanol–water partition coefficient (Wildman–Crippen LogP) is 2.75. The van der Waals surface area contributed by atoms with Gasteiger partial charge in [0.15, 0.2) is 0 Å². The molecule has 2 aromatic rings. The molecule has 1 N–H and O–H groups in total. The van der Waals surface area contributed by atoms with Crippen LogP contribution < -0.4 is 14.8 Å². The average Bonchev–Trinajstić information content (AvgIpc) is 2.54. The number of anilines is 1. The molecule has 1 heterocycles. The Balaban J connectivity index is 2.10. The Kier molecular flexibility index (Phi) is 4.93. The first-order valence-electron chi connectivity index (χ1n) is 6.34. The number of nitrogens with zero attached hydrogens (tertiary/aromatic N) is 1. The largest absolute Gasteiger partial charge is 0.497 e. The van der Waals surface area contributed by atoms with Gasteiger partial charge in [-0.3, -0.25) is 9.78 Å². The van der Waals surface area contributed by atoms with E-state index in [1.165, 1.54) is 6.08 Å². The Bertz CT molecular complexity index is 639. The highest BCUT2D eigenvalue weighted by Crippen LogP contribution is 2.28. The van der Waals surface area contributed by atoms with E-state index in [9.17, 15) is 4.79 Å². The predicted molar refractivity (Wildman–Crippen MR) is 81.4 cm³/mol. The summed E-state index contributed by atoms with van der Waals surface area (Å²) >= 11 is 0. The number of benzene rings is 1. The lowest BCUT2D eigenvalue weighted by Crippen LogP contribution is -2.09. The van der Waals surface area contributed by atoms with Gasteiger partial charge in [0.1, 0.15) is 11.5 Å². The van der Waals surface area contributed by atoms with Crippen molar-refractivity contribution >= 4 is 17.7 Å². The quantitative estimate of drug-likeness (QED) is 0.858. The summed E-state index contributed by atoms with van der Waals surface area (Å²) in [7, 11) is 3.11. The SMILES string of the molecule is COc1ccc(OC)c(NC(=O)C=Cc2cccnc2)c1. The average molecular weight is 284 g/mol. The van der Waals surface area contributed by atoms with Crippen molar-refractivity contribution in [1.82, 2.24) is 4.98 Å². The molecule has 5 nitrogen and oxygen atoms in total. The van der Waals surface area contributed by atoms with Gasteiger partial charge in [-0.25, -0.2) is 0 Å². The molecular weight excluding hydrogens is 268 g/mol. The van der Waals surface area contributed by atoms with Crippen molar-refractivity contribution in [3.63, 3.8) is 0 Å². The second-order valence-electron chi connectivity index (χ2n) is 4.18. The van der Waals surface area contributed by atoms with Crippen molar-refractivity contribution in [1.29, 1.82) is 0 Å². The van der Waals surface area contributed by atoms with Gasteiger partial charge in [0, 0.05) is 24.5 Å². The Morgan fingerprint density at radius 2 is 2.10 bits per heavy atom. The Morgan fingerprint density at radius 1 is 1.24 bits per heavy atom. The molecule has 0 aliphatic heterocycles. The Morgan fingerprint density at radius 3 is 2.76 bits per heavy atom. The summed E-state index contributed by atoms with van der Waals surface area (Å²) in [4.78, 5) is 15.9. The van der Waals surface area contributed by atoms with E-state index in [0.29, 0.717) is 17.2 Å². The zero-order chi connectivity index (χ0) is 15.1. The molecule has 0 unspecified atom stereocenters. The number of methoxy groups -OCH3 is 2. The number of hydrogen-bond donors (Lipinski definition) is 1. The molecule has 1 aromatic carbocycles. The third-order valence-corrected chi connectivity index (χ3v) is 2.78. The number of aromatic nitrogens is 1. The van der Waals surface area contributed by atoms with Gasteiger partial charge in [0.05, 0.1) is 19.9 Å². The molecule has 108 valence electrons. The van der Waals surface area contributed by atoms with Crippen molar-refractivity contribution in [2.24, 2.45) is 0 Å². The molecule has 0 atom stereocenters. The number of amides is 1. The van der Waals surface area contributed by atoms with Crippen molar-refractivity contribution in [2.45, 2.75) is 0 Å². The molecule has 21 heavy (non-hydrogen) atoms. The van der Waals surface area contributed by atoms with Crippen LogP contribution in [-0.2, 0) is 4.79 Å². The van der Waals surface area contributed by atoms with Crippen LogP contribution in [0.15, 0.2) is 48.8 Å². The maximum atomic E-state index is 11.9. The van der Waals surface area contributed by atoms with Crippen molar-refractivity contribution in [3.8, 4) is 11.5 Å². The molecule has 2 rings (SSSR count). The van der Waals surface area contributed by atoms with E-state index < -0.39 is 0 Å². The van der Waals surface area contributed by atoms with E-state index >= 15 is 0 Å². The second kappa shape index (κ2) is 7.09. The van der Waals surface area contributed by atoms with Gasteiger partial charge in [-0.15, -0.1) is 0 Å². The third kappa shape index (κ3) is 4.07. The number of pyridine rings is 1. The van der Waals surface area contributed by atoms with Crippen LogP contribution in [0.4, 0.5) is 5.69 Å². The van der Waals surface area contributed by atoms with Crippen LogP contribution in [-0.4, -0.2) is 25.1 Å². The van der Waals surface area contributed by atoms with Crippen LogP contribution in [0.1, 0.15) is 5.56 Å². The van der Waals surface area contributed by atoms with E-state index in [0.717, 1.165) is 5.56 Å². The van der Waals surface area contributed by atoms with Gasteiger partial charge in [-0.05, 0) is 29.8 Å². The molecule has 0 fully saturated rings. The van der Waals surface area contributed by atoms with Crippen LogP contribution >= 0.6 is 0 Å². The molecule has 5 heteroatoms. The van der Waals surface area contributed by atoms with E-state index in [1.54, 1.807) is 50.9 Å². The molecule has 1 aromatic heterocycles. The maximum absolute atomic E-state index is 11.9. The minimum atomic E-state index is -0.259. The fourth-order valence-electron chi connectivity index (χ4n) is 1.73. The maximum Gasteiger partial charge on any atom is 0.248 e. The van der Waals surface area contributed by atoms with E-state index in [2.05, 4.69) is 10.3 Å². The summed E-state index contributed by atoms with van der Waals surface area (Å²) in [6.07, 6.45) is 6.49.